The van der Waals surface area contributed by atoms with Crippen molar-refractivity contribution in [2.75, 3.05) is 38.9 Å². The second kappa shape index (κ2) is 21.2. The number of carbonyl (C=O) groups excluding carboxylic acids is 1. The van der Waals surface area contributed by atoms with Crippen LogP contribution in [-0.4, -0.2) is 73.3 Å². The molecule has 0 spiro atoms. The number of methoxy groups -OCH3 is 2. The number of rotatable bonds is 21. The second-order valence-corrected chi connectivity index (χ2v) is 15.4. The van der Waals surface area contributed by atoms with Gasteiger partial charge in [-0.1, -0.05) is 50.2 Å². The average molecular weight is 845 g/mol. The molecule has 1 amide bonds. The zero-order chi connectivity index (χ0) is 44.2. The minimum atomic E-state index is -0.843. The Bertz CT molecular complexity index is 2480. The van der Waals surface area contributed by atoms with Gasteiger partial charge in [0.1, 0.15) is 24.5 Å². The van der Waals surface area contributed by atoms with Crippen molar-refractivity contribution in [2.24, 2.45) is 10.9 Å². The maximum atomic E-state index is 13.9. The van der Waals surface area contributed by atoms with Crippen molar-refractivity contribution in [1.82, 2.24) is 9.55 Å². The summed E-state index contributed by atoms with van der Waals surface area (Å²) in [6.45, 7) is 8.73. The maximum absolute atomic E-state index is 13.9. The summed E-state index contributed by atoms with van der Waals surface area (Å²) >= 11 is 0. The minimum Gasteiger partial charge on any atom is -0.497 e. The molecule has 4 aromatic rings. The van der Waals surface area contributed by atoms with Crippen molar-refractivity contribution in [1.29, 1.82) is 0 Å². The topological polar surface area (TPSA) is 151 Å². The second-order valence-electron chi connectivity index (χ2n) is 15.4. The molecule has 13 nitrogen and oxygen atoms in total. The highest BCUT2D eigenvalue weighted by Gasteiger charge is 2.28. The average Bonchev–Trinajstić information content (AvgIpc) is 3.64. The fourth-order valence-electron chi connectivity index (χ4n) is 7.75. The van der Waals surface area contributed by atoms with Crippen LogP contribution in [0.1, 0.15) is 69.6 Å². The van der Waals surface area contributed by atoms with Crippen LogP contribution < -0.4 is 19.9 Å². The number of unbranched alkanes of at least 4 members (excludes halogenated alkanes) is 1. The Labute approximate surface area is 362 Å². The van der Waals surface area contributed by atoms with Crippen molar-refractivity contribution in [3.8, 4) is 17.2 Å². The SMILES string of the molecule is CCc1ccccc1-n1cnc2cc(OC/C(C)=C/C(=C\CCOC3=C(OC)CC(C)C(/N=C\[C@@H]4Cc5ccccc5N4C=O)=C3)OCCCCC(=O)O)c(OC)c(C)c2c1=O. The van der Waals surface area contributed by atoms with E-state index in [9.17, 15) is 14.4 Å². The van der Waals surface area contributed by atoms with Gasteiger partial charge in [-0.05, 0) is 74.1 Å². The van der Waals surface area contributed by atoms with E-state index in [1.54, 1.807) is 36.1 Å². The van der Waals surface area contributed by atoms with E-state index >= 15 is 0 Å². The summed E-state index contributed by atoms with van der Waals surface area (Å²) in [6.07, 6.45) is 13.7. The van der Waals surface area contributed by atoms with Crippen LogP contribution in [0.4, 0.5) is 5.69 Å². The molecular weight excluding hydrogens is 789 g/mol. The van der Waals surface area contributed by atoms with Crippen molar-refractivity contribution in [2.45, 2.75) is 78.7 Å². The van der Waals surface area contributed by atoms with E-state index < -0.39 is 5.97 Å². The molecule has 62 heavy (non-hydrogen) atoms. The largest absolute Gasteiger partial charge is 0.497 e. The fraction of sp³-hybridized carbons (Fsp3) is 0.367. The summed E-state index contributed by atoms with van der Waals surface area (Å²) in [7, 11) is 3.18. The van der Waals surface area contributed by atoms with Crippen LogP contribution in [0, 0.1) is 12.8 Å². The first-order valence-corrected chi connectivity index (χ1v) is 21.1. The summed E-state index contributed by atoms with van der Waals surface area (Å²) in [5.74, 6) is 2.06. The number of para-hydroxylation sites is 2. The fourth-order valence-corrected chi connectivity index (χ4v) is 7.75. The van der Waals surface area contributed by atoms with Crippen molar-refractivity contribution >= 4 is 35.2 Å². The predicted molar refractivity (Wildman–Crippen MR) is 240 cm³/mol. The van der Waals surface area contributed by atoms with Crippen LogP contribution in [0.25, 0.3) is 16.6 Å². The van der Waals surface area contributed by atoms with Gasteiger partial charge >= 0.3 is 5.97 Å². The molecule has 2 heterocycles. The summed E-state index contributed by atoms with van der Waals surface area (Å²) in [5, 5.41) is 9.55. The summed E-state index contributed by atoms with van der Waals surface area (Å²) in [6, 6.07) is 17.2. The zero-order valence-electron chi connectivity index (χ0n) is 36.4. The number of aliphatic imine (C=N–C) groups is 1. The zero-order valence-corrected chi connectivity index (χ0v) is 36.4. The van der Waals surface area contributed by atoms with E-state index in [0.29, 0.717) is 84.8 Å². The van der Waals surface area contributed by atoms with E-state index in [1.165, 1.54) is 0 Å². The number of fused-ring (bicyclic) bond motifs is 2. The Kier molecular flexibility index (Phi) is 15.4. The molecule has 1 unspecified atom stereocenters. The Morgan fingerprint density at radius 3 is 2.53 bits per heavy atom. The van der Waals surface area contributed by atoms with E-state index in [4.69, 9.17) is 33.8 Å². The van der Waals surface area contributed by atoms with Crippen LogP contribution >= 0.6 is 0 Å². The maximum Gasteiger partial charge on any atom is 0.303 e. The summed E-state index contributed by atoms with van der Waals surface area (Å²) in [5.41, 5.74) is 6.47. The summed E-state index contributed by atoms with van der Waals surface area (Å²) in [4.78, 5) is 48.1. The molecule has 3 aromatic carbocycles. The molecule has 2 aliphatic rings. The molecule has 1 aromatic heterocycles. The highest BCUT2D eigenvalue weighted by molar-refractivity contribution is 5.89. The number of benzene rings is 3. The van der Waals surface area contributed by atoms with Crippen LogP contribution in [0.5, 0.6) is 11.5 Å². The smallest absolute Gasteiger partial charge is 0.303 e. The highest BCUT2D eigenvalue weighted by atomic mass is 16.5. The lowest BCUT2D eigenvalue weighted by Crippen LogP contribution is -2.32. The van der Waals surface area contributed by atoms with Crippen LogP contribution in [0.15, 0.2) is 117 Å². The van der Waals surface area contributed by atoms with Crippen LogP contribution in [0.3, 0.4) is 0 Å². The third-order valence-electron chi connectivity index (χ3n) is 11.0. The lowest BCUT2D eigenvalue weighted by atomic mass is 9.96. The van der Waals surface area contributed by atoms with Gasteiger partial charge in [-0.25, -0.2) is 4.98 Å². The van der Waals surface area contributed by atoms with Crippen molar-refractivity contribution in [3.63, 3.8) is 0 Å². The summed E-state index contributed by atoms with van der Waals surface area (Å²) < 4.78 is 31.8. The number of aromatic nitrogens is 2. The number of amides is 1. The molecule has 0 radical (unpaired) electrons. The van der Waals surface area contributed by atoms with E-state index in [0.717, 1.165) is 52.4 Å². The number of aryl methyl sites for hydroxylation is 2. The van der Waals surface area contributed by atoms with E-state index in [-0.39, 0.29) is 30.5 Å². The van der Waals surface area contributed by atoms with Gasteiger partial charge < -0.3 is 33.7 Å². The predicted octanol–water partition coefficient (Wildman–Crippen LogP) is 8.59. The number of carbonyl (C=O) groups is 2. The van der Waals surface area contributed by atoms with Gasteiger partial charge in [-0.3, -0.25) is 23.9 Å². The van der Waals surface area contributed by atoms with Gasteiger partial charge in [0, 0.05) is 66.9 Å². The number of hydrogen-bond acceptors (Lipinski definition) is 10. The quantitative estimate of drug-likeness (QED) is 0.0284. The van der Waals surface area contributed by atoms with Crippen LogP contribution in [-0.2, 0) is 36.6 Å². The Morgan fingerprint density at radius 2 is 1.79 bits per heavy atom. The molecule has 0 fully saturated rings. The number of allylic oxidation sites excluding steroid dienone is 4. The minimum absolute atomic E-state index is 0.0689. The lowest BCUT2D eigenvalue weighted by molar-refractivity contribution is -0.137. The standard InChI is InChI=1S/C49H56N4O9/c1-7-35-15-8-10-18-41(35)52-30-51-40-27-45(48(59-6)34(4)47(40)49(52)57)62-29-32(2)23-38(60-21-13-12-20-46(55)56)17-14-22-61-44-26-39(33(3)24-43(44)58-5)50-28-37-25-36-16-9-11-19-42(36)53(37)31-54/h8-11,15-19,23,26-28,30-31,33,37H,7,12-14,20-22,24-25,29H2,1-6H3,(H,55,56)/b32-23+,38-17+,50-28-/t33?,37-/m0/s1. The van der Waals surface area contributed by atoms with Gasteiger partial charge in [0.25, 0.3) is 5.56 Å². The molecule has 1 N–H and O–H groups in total. The Hall–Kier alpha value is -6.63. The first-order chi connectivity index (χ1) is 30.1. The molecule has 326 valence electrons. The number of carboxylic acids is 1. The van der Waals surface area contributed by atoms with Crippen molar-refractivity contribution < 1.29 is 38.4 Å². The molecule has 1 aliphatic heterocycles. The number of carboxylic acid groups (broad SMARTS) is 1. The third kappa shape index (κ3) is 10.6. The molecule has 0 saturated heterocycles. The van der Waals surface area contributed by atoms with E-state index in [2.05, 4.69) is 18.8 Å². The molecule has 6 rings (SSSR count). The Balaban J connectivity index is 1.15. The van der Waals surface area contributed by atoms with Gasteiger partial charge in [-0.15, -0.1) is 0 Å². The highest BCUT2D eigenvalue weighted by Crippen LogP contribution is 2.36. The normalized spacial score (nSPS) is 16.7. The Morgan fingerprint density at radius 1 is 1.02 bits per heavy atom. The molecule has 0 saturated carbocycles. The molecular formula is C49H56N4O9. The molecule has 1 aliphatic carbocycles. The number of nitrogens with zero attached hydrogens (tertiary/aromatic N) is 4. The lowest BCUT2D eigenvalue weighted by Gasteiger charge is -2.23. The van der Waals surface area contributed by atoms with Crippen LogP contribution in [0.2, 0.25) is 0 Å². The molecule has 0 bridgehead atoms. The number of anilines is 1. The van der Waals surface area contributed by atoms with Crippen molar-refractivity contribution in [3.05, 3.63) is 135 Å². The van der Waals surface area contributed by atoms with Gasteiger partial charge in [-0.2, -0.15) is 0 Å². The number of ether oxygens (including phenoxy) is 5. The molecule has 2 atom stereocenters. The first-order valence-electron chi connectivity index (χ1n) is 21.1. The van der Waals surface area contributed by atoms with Gasteiger partial charge in [0.2, 0.25) is 6.41 Å². The van der Waals surface area contributed by atoms with Gasteiger partial charge in [0.05, 0.1) is 50.1 Å². The number of hydrogen-bond donors (Lipinski definition) is 1. The monoisotopic (exact) mass is 844 g/mol. The van der Waals surface area contributed by atoms with Gasteiger partial charge in [0.15, 0.2) is 17.3 Å². The third-order valence-corrected chi connectivity index (χ3v) is 11.0. The first kappa shape index (κ1) is 44.9. The number of aliphatic carboxylic acids is 1. The van der Waals surface area contributed by atoms with E-state index in [1.807, 2.05) is 86.8 Å². The molecule has 13 heteroatoms.